The number of nitrogens with one attached hydrogen (secondary N) is 1. The van der Waals surface area contributed by atoms with E-state index in [2.05, 4.69) is 59.1 Å². The molecular formula is C25H33N3O3. The number of hydrogen-bond acceptors (Lipinski definition) is 4. The van der Waals surface area contributed by atoms with Gasteiger partial charge in [0.15, 0.2) is 0 Å². The van der Waals surface area contributed by atoms with Crippen LogP contribution in [0.1, 0.15) is 51.6 Å². The van der Waals surface area contributed by atoms with Crippen LogP contribution in [0.3, 0.4) is 0 Å². The molecule has 1 aromatic heterocycles. The number of hydrogen-bond donors (Lipinski definition) is 1. The van der Waals surface area contributed by atoms with Gasteiger partial charge in [0.25, 0.3) is 0 Å². The van der Waals surface area contributed by atoms with Gasteiger partial charge in [-0.25, -0.2) is 0 Å². The number of fused-ring (bicyclic) bond motifs is 4. The molecule has 2 spiro atoms. The van der Waals surface area contributed by atoms with E-state index in [0.717, 1.165) is 62.3 Å². The summed E-state index contributed by atoms with van der Waals surface area (Å²) in [5.74, 6) is 1.32. The lowest BCUT2D eigenvalue weighted by Crippen LogP contribution is -2.49. The van der Waals surface area contributed by atoms with Crippen molar-refractivity contribution < 1.29 is 14.3 Å². The van der Waals surface area contributed by atoms with Crippen molar-refractivity contribution in [1.82, 2.24) is 9.47 Å². The van der Waals surface area contributed by atoms with Gasteiger partial charge in [-0.1, -0.05) is 13.8 Å². The van der Waals surface area contributed by atoms with E-state index in [0.29, 0.717) is 12.5 Å². The summed E-state index contributed by atoms with van der Waals surface area (Å²) in [5.41, 5.74) is 3.02. The molecule has 3 aliphatic rings. The lowest BCUT2D eigenvalue weighted by Gasteiger charge is -2.42. The number of rotatable bonds is 4. The Labute approximate surface area is 184 Å². The fourth-order valence-corrected chi connectivity index (χ4v) is 5.78. The molecule has 4 heterocycles. The zero-order valence-corrected chi connectivity index (χ0v) is 18.8. The summed E-state index contributed by atoms with van der Waals surface area (Å²) in [6.07, 6.45) is 6.67. The second kappa shape index (κ2) is 7.59. The highest BCUT2D eigenvalue weighted by Crippen LogP contribution is 2.50. The van der Waals surface area contributed by atoms with E-state index in [9.17, 15) is 4.79 Å². The number of anilines is 1. The zero-order chi connectivity index (χ0) is 21.6. The normalized spacial score (nSPS) is 23.7. The molecule has 166 valence electrons. The summed E-state index contributed by atoms with van der Waals surface area (Å²) >= 11 is 0. The van der Waals surface area contributed by atoms with E-state index in [1.807, 2.05) is 6.07 Å². The molecule has 1 amide bonds. The Hall–Kier alpha value is -2.47. The summed E-state index contributed by atoms with van der Waals surface area (Å²) in [6.45, 7) is 6.43. The van der Waals surface area contributed by atoms with Crippen molar-refractivity contribution >= 4 is 11.6 Å². The molecule has 6 nitrogen and oxygen atoms in total. The molecule has 0 saturated carbocycles. The summed E-state index contributed by atoms with van der Waals surface area (Å²) in [5, 5.41) is 3.83. The second-order valence-electron chi connectivity index (χ2n) is 9.34. The molecule has 0 radical (unpaired) electrons. The third-order valence-electron chi connectivity index (χ3n) is 7.65. The minimum absolute atomic E-state index is 0.152. The number of benzene rings is 1. The Morgan fingerprint density at radius 1 is 1.23 bits per heavy atom. The fourth-order valence-electron chi connectivity index (χ4n) is 5.78. The first kappa shape index (κ1) is 20.4. The Morgan fingerprint density at radius 3 is 2.71 bits per heavy atom. The minimum Gasteiger partial charge on any atom is -0.497 e. The lowest BCUT2D eigenvalue weighted by molar-refractivity contribution is -0.140. The van der Waals surface area contributed by atoms with E-state index >= 15 is 0 Å². The Bertz CT molecular complexity index is 972. The number of amides is 1. The number of nitrogens with zero attached hydrogens (tertiary/aromatic N) is 2. The maximum Gasteiger partial charge on any atom is 0.225 e. The lowest BCUT2D eigenvalue weighted by atomic mass is 9.79. The third-order valence-corrected chi connectivity index (χ3v) is 7.65. The molecule has 0 aliphatic carbocycles. The Kier molecular flexibility index (Phi) is 5.00. The van der Waals surface area contributed by atoms with Crippen LogP contribution >= 0.6 is 0 Å². The number of piperidine rings is 1. The second-order valence-corrected chi connectivity index (χ2v) is 9.34. The van der Waals surface area contributed by atoms with Gasteiger partial charge >= 0.3 is 0 Å². The predicted octanol–water partition coefficient (Wildman–Crippen LogP) is 4.32. The molecule has 31 heavy (non-hydrogen) atoms. The molecule has 1 N–H and O–H groups in total. The van der Waals surface area contributed by atoms with Gasteiger partial charge in [0.1, 0.15) is 11.3 Å². The molecule has 2 saturated heterocycles. The fraction of sp³-hybridized carbons (Fsp3) is 0.560. The first-order valence-electron chi connectivity index (χ1n) is 11.6. The van der Waals surface area contributed by atoms with Crippen LogP contribution in [0.2, 0.25) is 0 Å². The average Bonchev–Trinajstić information content (AvgIpc) is 3.42. The van der Waals surface area contributed by atoms with E-state index in [-0.39, 0.29) is 17.1 Å². The summed E-state index contributed by atoms with van der Waals surface area (Å²) in [6, 6.07) is 10.5. The van der Waals surface area contributed by atoms with Gasteiger partial charge in [-0.2, -0.15) is 0 Å². The van der Waals surface area contributed by atoms with Crippen molar-refractivity contribution in [3.8, 4) is 11.4 Å². The number of carbonyl (C=O) groups excluding carboxylic acids is 1. The van der Waals surface area contributed by atoms with E-state index in [1.54, 1.807) is 7.11 Å². The quantitative estimate of drug-likeness (QED) is 0.796. The minimum atomic E-state index is -0.260. The molecule has 2 aromatic rings. The van der Waals surface area contributed by atoms with Gasteiger partial charge < -0.3 is 24.3 Å². The molecular weight excluding hydrogens is 390 g/mol. The first-order chi connectivity index (χ1) is 15.0. The summed E-state index contributed by atoms with van der Waals surface area (Å²) in [7, 11) is 1.70. The Morgan fingerprint density at radius 2 is 2.00 bits per heavy atom. The van der Waals surface area contributed by atoms with Crippen LogP contribution in [-0.4, -0.2) is 47.8 Å². The van der Waals surface area contributed by atoms with Crippen LogP contribution in [0.5, 0.6) is 5.75 Å². The molecule has 1 aromatic carbocycles. The molecule has 1 atom stereocenters. The average molecular weight is 424 g/mol. The summed E-state index contributed by atoms with van der Waals surface area (Å²) in [4.78, 5) is 14.9. The number of methoxy groups -OCH3 is 1. The molecule has 2 fully saturated rings. The van der Waals surface area contributed by atoms with Gasteiger partial charge in [0.2, 0.25) is 5.91 Å². The van der Waals surface area contributed by atoms with Gasteiger partial charge in [0, 0.05) is 37.7 Å². The Balaban J connectivity index is 1.37. The van der Waals surface area contributed by atoms with Gasteiger partial charge in [-0.3, -0.25) is 4.79 Å². The molecule has 5 rings (SSSR count). The van der Waals surface area contributed by atoms with Crippen molar-refractivity contribution in [2.75, 3.05) is 32.1 Å². The highest BCUT2D eigenvalue weighted by molar-refractivity contribution is 5.79. The summed E-state index contributed by atoms with van der Waals surface area (Å²) < 4.78 is 14.3. The third kappa shape index (κ3) is 3.23. The SMILES string of the molecule is CCC(CC)C(=O)N1CCC2(CC1)C[C@@]1(CO2)Nc2cc(OC)ccc2-n2cccc21. The van der Waals surface area contributed by atoms with Crippen molar-refractivity contribution in [3.63, 3.8) is 0 Å². The van der Waals surface area contributed by atoms with Crippen LogP contribution in [0, 0.1) is 5.92 Å². The number of likely N-dealkylation sites (tertiary alicyclic amines) is 1. The van der Waals surface area contributed by atoms with E-state index in [4.69, 9.17) is 9.47 Å². The molecule has 6 heteroatoms. The largest absolute Gasteiger partial charge is 0.497 e. The first-order valence-corrected chi connectivity index (χ1v) is 11.6. The topological polar surface area (TPSA) is 55.7 Å². The van der Waals surface area contributed by atoms with Crippen molar-refractivity contribution in [3.05, 3.63) is 42.2 Å². The van der Waals surface area contributed by atoms with Crippen molar-refractivity contribution in [1.29, 1.82) is 0 Å². The van der Waals surface area contributed by atoms with Crippen LogP contribution in [0.4, 0.5) is 5.69 Å². The van der Waals surface area contributed by atoms with Crippen LogP contribution in [0.15, 0.2) is 36.5 Å². The maximum atomic E-state index is 12.8. The van der Waals surface area contributed by atoms with Crippen LogP contribution < -0.4 is 10.1 Å². The highest BCUT2D eigenvalue weighted by Gasteiger charge is 2.54. The number of carbonyl (C=O) groups is 1. The number of aromatic nitrogens is 1. The number of ether oxygens (including phenoxy) is 2. The molecule has 3 aliphatic heterocycles. The highest BCUT2D eigenvalue weighted by atomic mass is 16.5. The maximum absolute atomic E-state index is 12.8. The monoisotopic (exact) mass is 423 g/mol. The van der Waals surface area contributed by atoms with Crippen LogP contribution in [0.25, 0.3) is 5.69 Å². The standard InChI is InChI=1S/C25H33N3O3/c1-4-18(5-2)23(29)27-13-10-24(11-14-27)16-25(17-31-24)22-7-6-12-28(22)21-9-8-19(30-3)15-20(21)26-25/h6-9,12,15,18,26H,4-5,10-11,13-14,16-17H2,1-3H3/t25-/m0/s1. The molecule has 0 unspecified atom stereocenters. The van der Waals surface area contributed by atoms with Crippen molar-refractivity contribution in [2.24, 2.45) is 5.92 Å². The van der Waals surface area contributed by atoms with Gasteiger partial charge in [-0.15, -0.1) is 0 Å². The predicted molar refractivity (Wildman–Crippen MR) is 121 cm³/mol. The van der Waals surface area contributed by atoms with E-state index < -0.39 is 0 Å². The van der Waals surface area contributed by atoms with Gasteiger partial charge in [0.05, 0.1) is 36.4 Å². The van der Waals surface area contributed by atoms with Crippen molar-refractivity contribution in [2.45, 2.75) is 57.1 Å². The smallest absolute Gasteiger partial charge is 0.225 e. The van der Waals surface area contributed by atoms with Gasteiger partial charge in [-0.05, 0) is 49.9 Å². The zero-order valence-electron chi connectivity index (χ0n) is 18.8. The molecule has 0 bridgehead atoms. The van der Waals surface area contributed by atoms with E-state index in [1.165, 1.54) is 5.69 Å². The van der Waals surface area contributed by atoms with Crippen LogP contribution in [-0.2, 0) is 15.1 Å².